The summed E-state index contributed by atoms with van der Waals surface area (Å²) in [5.41, 5.74) is 10.4. The molecule has 0 rings (SSSR count). The van der Waals surface area contributed by atoms with Crippen LogP contribution in [0, 0.1) is 5.92 Å². The van der Waals surface area contributed by atoms with Crippen molar-refractivity contribution in [2.24, 2.45) is 17.4 Å². The van der Waals surface area contributed by atoms with E-state index in [-0.39, 0.29) is 32.3 Å². The third kappa shape index (κ3) is 13.2. The number of carbonyl (C=O) groups excluding carboxylic acids is 2. The van der Waals surface area contributed by atoms with Gasteiger partial charge in [0.05, 0.1) is 45.1 Å². The van der Waals surface area contributed by atoms with Crippen LogP contribution in [0.15, 0.2) is 0 Å². The second-order valence-corrected chi connectivity index (χ2v) is 5.76. The SMILES string of the molecule is NC(=O)CCCCCCCC(C(N)=O)C(O)COCCOCCO. The average Bonchev–Trinajstić information content (AvgIpc) is 2.52. The molecule has 0 radical (unpaired) electrons. The summed E-state index contributed by atoms with van der Waals surface area (Å²) < 4.78 is 10.3. The largest absolute Gasteiger partial charge is 0.394 e. The molecule has 2 atom stereocenters. The minimum Gasteiger partial charge on any atom is -0.394 e. The van der Waals surface area contributed by atoms with Gasteiger partial charge in [-0.25, -0.2) is 0 Å². The Hall–Kier alpha value is -1.22. The van der Waals surface area contributed by atoms with E-state index in [1.54, 1.807) is 0 Å². The Bertz CT molecular complexity index is 341. The van der Waals surface area contributed by atoms with Gasteiger partial charge < -0.3 is 31.2 Å². The van der Waals surface area contributed by atoms with Crippen molar-refractivity contribution in [3.8, 4) is 0 Å². The summed E-state index contributed by atoms with van der Waals surface area (Å²) >= 11 is 0. The summed E-state index contributed by atoms with van der Waals surface area (Å²) in [6.07, 6.45) is 4.32. The van der Waals surface area contributed by atoms with Crippen molar-refractivity contribution < 1.29 is 29.3 Å². The number of hydrogen-bond donors (Lipinski definition) is 4. The van der Waals surface area contributed by atoms with Crippen molar-refractivity contribution >= 4 is 11.8 Å². The molecule has 0 aromatic rings. The maximum atomic E-state index is 11.5. The molecule has 8 heteroatoms. The standard InChI is InChI=1S/C16H32N2O6/c17-15(21)7-5-3-1-2-4-6-13(16(18)22)14(20)12-24-11-10-23-9-8-19/h13-14,19-20H,1-12H2,(H2,17,21)(H2,18,22). The number of unbranched alkanes of at least 4 members (excludes halogenated alkanes) is 4. The molecule has 2 unspecified atom stereocenters. The number of carbonyl (C=O) groups is 2. The van der Waals surface area contributed by atoms with E-state index in [0.29, 0.717) is 19.4 Å². The number of hydrogen-bond acceptors (Lipinski definition) is 6. The summed E-state index contributed by atoms with van der Waals surface area (Å²) in [4.78, 5) is 22.1. The fourth-order valence-corrected chi connectivity index (χ4v) is 2.32. The van der Waals surface area contributed by atoms with Gasteiger partial charge in [0.1, 0.15) is 0 Å². The highest BCUT2D eigenvalue weighted by Crippen LogP contribution is 2.16. The smallest absolute Gasteiger partial charge is 0.223 e. The van der Waals surface area contributed by atoms with Crippen LogP contribution in [0.25, 0.3) is 0 Å². The van der Waals surface area contributed by atoms with Gasteiger partial charge in [-0.3, -0.25) is 9.59 Å². The van der Waals surface area contributed by atoms with E-state index in [2.05, 4.69) is 0 Å². The Morgan fingerprint density at radius 3 is 2.17 bits per heavy atom. The summed E-state index contributed by atoms with van der Waals surface area (Å²) in [5, 5.41) is 18.6. The van der Waals surface area contributed by atoms with Crippen molar-refractivity contribution in [1.29, 1.82) is 0 Å². The highest BCUT2D eigenvalue weighted by molar-refractivity contribution is 5.77. The van der Waals surface area contributed by atoms with Crippen molar-refractivity contribution in [3.63, 3.8) is 0 Å². The molecule has 0 saturated carbocycles. The molecule has 2 amide bonds. The van der Waals surface area contributed by atoms with E-state index < -0.39 is 17.9 Å². The highest BCUT2D eigenvalue weighted by Gasteiger charge is 2.24. The molecular formula is C16H32N2O6. The Kier molecular flexibility index (Phi) is 14.5. The molecule has 0 spiro atoms. The van der Waals surface area contributed by atoms with Crippen molar-refractivity contribution in [3.05, 3.63) is 0 Å². The normalized spacial score (nSPS) is 13.6. The average molecular weight is 348 g/mol. The molecule has 8 nitrogen and oxygen atoms in total. The van der Waals surface area contributed by atoms with Crippen molar-refractivity contribution in [2.45, 2.75) is 51.0 Å². The minimum atomic E-state index is -0.935. The fraction of sp³-hybridized carbons (Fsp3) is 0.875. The summed E-state index contributed by atoms with van der Waals surface area (Å²) in [6, 6.07) is 0. The third-order valence-corrected chi connectivity index (χ3v) is 3.66. The summed E-state index contributed by atoms with van der Waals surface area (Å²) in [6.45, 7) is 0.821. The zero-order chi connectivity index (χ0) is 18.2. The van der Waals surface area contributed by atoms with Crippen molar-refractivity contribution in [1.82, 2.24) is 0 Å². The molecule has 0 saturated heterocycles. The first kappa shape index (κ1) is 22.8. The summed E-state index contributed by atoms with van der Waals surface area (Å²) in [7, 11) is 0. The Morgan fingerprint density at radius 1 is 0.917 bits per heavy atom. The number of aliphatic hydroxyl groups excluding tert-OH is 2. The number of ether oxygens (including phenoxy) is 2. The zero-order valence-electron chi connectivity index (χ0n) is 14.3. The molecule has 0 aliphatic carbocycles. The van der Waals surface area contributed by atoms with E-state index in [9.17, 15) is 14.7 Å². The molecule has 0 fully saturated rings. The Labute approximate surface area is 143 Å². The molecule has 0 aromatic heterocycles. The molecule has 0 heterocycles. The van der Waals surface area contributed by atoms with Gasteiger partial charge in [-0.15, -0.1) is 0 Å². The van der Waals surface area contributed by atoms with Gasteiger partial charge in [0.25, 0.3) is 0 Å². The predicted octanol–water partition coefficient (Wildman–Crippen LogP) is -0.310. The number of rotatable bonds is 17. The van der Waals surface area contributed by atoms with Gasteiger partial charge in [0, 0.05) is 6.42 Å². The zero-order valence-corrected chi connectivity index (χ0v) is 14.3. The lowest BCUT2D eigenvalue weighted by Crippen LogP contribution is -2.36. The predicted molar refractivity (Wildman–Crippen MR) is 88.9 cm³/mol. The first-order valence-electron chi connectivity index (χ1n) is 8.51. The molecule has 0 bridgehead atoms. The van der Waals surface area contributed by atoms with Gasteiger partial charge in [-0.1, -0.05) is 25.7 Å². The first-order chi connectivity index (χ1) is 11.5. The van der Waals surface area contributed by atoms with Gasteiger partial charge in [0.2, 0.25) is 11.8 Å². The maximum absolute atomic E-state index is 11.5. The number of amides is 2. The van der Waals surface area contributed by atoms with Crippen LogP contribution in [0.3, 0.4) is 0 Å². The van der Waals surface area contributed by atoms with E-state index in [1.165, 1.54) is 0 Å². The summed E-state index contributed by atoms with van der Waals surface area (Å²) in [5.74, 6) is -1.45. The lowest BCUT2D eigenvalue weighted by Gasteiger charge is -2.20. The molecule has 24 heavy (non-hydrogen) atoms. The van der Waals surface area contributed by atoms with Crippen molar-refractivity contribution in [2.75, 3.05) is 33.0 Å². The van der Waals surface area contributed by atoms with E-state index in [0.717, 1.165) is 32.1 Å². The van der Waals surface area contributed by atoms with Crippen LogP contribution in [0.1, 0.15) is 44.9 Å². The Morgan fingerprint density at radius 2 is 1.54 bits per heavy atom. The molecule has 0 aromatic carbocycles. The van der Waals surface area contributed by atoms with Crippen LogP contribution in [0.4, 0.5) is 0 Å². The lowest BCUT2D eigenvalue weighted by molar-refractivity contribution is -0.127. The van der Waals surface area contributed by atoms with Crippen LogP contribution in [0.2, 0.25) is 0 Å². The topological polar surface area (TPSA) is 145 Å². The van der Waals surface area contributed by atoms with Gasteiger partial charge in [-0.05, 0) is 12.8 Å². The molecule has 6 N–H and O–H groups in total. The minimum absolute atomic E-state index is 0.0225. The highest BCUT2D eigenvalue weighted by atomic mass is 16.5. The van der Waals surface area contributed by atoms with Crippen LogP contribution < -0.4 is 11.5 Å². The number of nitrogens with two attached hydrogens (primary N) is 2. The molecule has 0 aliphatic heterocycles. The third-order valence-electron chi connectivity index (χ3n) is 3.66. The maximum Gasteiger partial charge on any atom is 0.223 e. The fourth-order valence-electron chi connectivity index (χ4n) is 2.32. The number of aliphatic hydroxyl groups is 2. The second kappa shape index (κ2) is 15.3. The van der Waals surface area contributed by atoms with Gasteiger partial charge in [-0.2, -0.15) is 0 Å². The molecular weight excluding hydrogens is 316 g/mol. The van der Waals surface area contributed by atoms with E-state index in [4.69, 9.17) is 26.0 Å². The van der Waals surface area contributed by atoms with E-state index >= 15 is 0 Å². The quantitative estimate of drug-likeness (QED) is 0.265. The first-order valence-corrected chi connectivity index (χ1v) is 8.51. The molecule has 142 valence electrons. The van der Waals surface area contributed by atoms with Gasteiger partial charge in [0.15, 0.2) is 0 Å². The van der Waals surface area contributed by atoms with Crippen LogP contribution in [-0.4, -0.2) is 61.2 Å². The Balaban J connectivity index is 3.78. The molecule has 0 aliphatic rings. The van der Waals surface area contributed by atoms with Crippen LogP contribution in [0.5, 0.6) is 0 Å². The van der Waals surface area contributed by atoms with Gasteiger partial charge >= 0.3 is 0 Å². The lowest BCUT2D eigenvalue weighted by atomic mass is 9.94. The number of primary amides is 2. The monoisotopic (exact) mass is 348 g/mol. The second-order valence-electron chi connectivity index (χ2n) is 5.76. The van der Waals surface area contributed by atoms with Crippen LogP contribution in [-0.2, 0) is 19.1 Å². The van der Waals surface area contributed by atoms with E-state index in [1.807, 2.05) is 0 Å². The van der Waals surface area contributed by atoms with Crippen LogP contribution >= 0.6 is 0 Å².